The van der Waals surface area contributed by atoms with Crippen molar-refractivity contribution >= 4 is 50.9 Å². The summed E-state index contributed by atoms with van der Waals surface area (Å²) in [6.07, 6.45) is 0. The fourth-order valence-corrected chi connectivity index (χ4v) is 4.12. The molecule has 1 aromatic heterocycles. The van der Waals surface area contributed by atoms with E-state index in [2.05, 4.69) is 10.3 Å². The molecule has 2 heterocycles. The van der Waals surface area contributed by atoms with E-state index < -0.39 is 16.7 Å². The molecule has 29 heavy (non-hydrogen) atoms. The van der Waals surface area contributed by atoms with Gasteiger partial charge in [0.25, 0.3) is 17.5 Å². The predicted molar refractivity (Wildman–Crippen MR) is 106 cm³/mol. The molecule has 5 rings (SSSR count). The molecule has 0 saturated carbocycles. The van der Waals surface area contributed by atoms with Crippen LogP contribution in [-0.4, -0.2) is 26.8 Å². The van der Waals surface area contributed by atoms with Crippen molar-refractivity contribution in [3.8, 4) is 16.9 Å². The lowest BCUT2D eigenvalue weighted by molar-refractivity contribution is -0.384. The molecule has 0 atom stereocenters. The van der Waals surface area contributed by atoms with E-state index in [1.54, 1.807) is 18.2 Å². The molecule has 0 spiro atoms. The quantitative estimate of drug-likeness (QED) is 0.261. The average Bonchev–Trinajstić information content (AvgIpc) is 3.17. The average molecular weight is 408 g/mol. The summed E-state index contributed by atoms with van der Waals surface area (Å²) < 4.78 is 0. The van der Waals surface area contributed by atoms with Crippen LogP contribution >= 0.6 is 11.6 Å². The van der Waals surface area contributed by atoms with E-state index >= 15 is 0 Å². The van der Waals surface area contributed by atoms with Crippen LogP contribution in [0.25, 0.3) is 32.9 Å². The highest BCUT2D eigenvalue weighted by molar-refractivity contribution is 6.37. The number of aromatic hydroxyl groups is 1. The number of hydrogen-bond acceptors (Lipinski definition) is 5. The highest BCUT2D eigenvalue weighted by Gasteiger charge is 2.34. The summed E-state index contributed by atoms with van der Waals surface area (Å²) in [6.45, 7) is 0. The Kier molecular flexibility index (Phi) is 3.44. The first-order valence-electron chi connectivity index (χ1n) is 8.47. The number of fused-ring (bicyclic) bond motifs is 5. The molecule has 3 N–H and O–H groups in total. The lowest BCUT2D eigenvalue weighted by Gasteiger charge is -2.10. The van der Waals surface area contributed by atoms with Gasteiger partial charge in [-0.25, -0.2) is 0 Å². The van der Waals surface area contributed by atoms with Crippen molar-refractivity contribution in [2.75, 3.05) is 0 Å². The number of H-pyrrole nitrogens is 1. The molecule has 2 amide bonds. The molecule has 0 unspecified atom stereocenters. The Morgan fingerprint density at radius 3 is 2.48 bits per heavy atom. The molecule has 0 saturated heterocycles. The smallest absolute Gasteiger partial charge is 0.288 e. The van der Waals surface area contributed by atoms with Gasteiger partial charge >= 0.3 is 0 Å². The molecule has 0 aliphatic carbocycles. The lowest BCUT2D eigenvalue weighted by Crippen LogP contribution is -2.20. The van der Waals surface area contributed by atoms with E-state index in [9.17, 15) is 24.8 Å². The third kappa shape index (κ3) is 2.33. The lowest BCUT2D eigenvalue weighted by atomic mass is 9.92. The number of carbonyl (C=O) groups excluding carboxylic acids is 2. The number of phenolic OH excluding ortho intramolecular Hbond substituents is 1. The summed E-state index contributed by atoms with van der Waals surface area (Å²) in [6, 6.07) is 10.6. The maximum Gasteiger partial charge on any atom is 0.288 e. The largest absolute Gasteiger partial charge is 0.508 e. The molecular weight excluding hydrogens is 398 g/mol. The van der Waals surface area contributed by atoms with Crippen LogP contribution in [0.3, 0.4) is 0 Å². The second kappa shape index (κ2) is 5.79. The van der Waals surface area contributed by atoms with Crippen LogP contribution < -0.4 is 5.32 Å². The summed E-state index contributed by atoms with van der Waals surface area (Å²) in [4.78, 5) is 39.0. The van der Waals surface area contributed by atoms with E-state index in [0.29, 0.717) is 27.4 Å². The summed E-state index contributed by atoms with van der Waals surface area (Å²) in [7, 11) is 0. The van der Waals surface area contributed by atoms with E-state index in [-0.39, 0.29) is 33.1 Å². The van der Waals surface area contributed by atoms with E-state index in [1.165, 1.54) is 24.3 Å². The van der Waals surface area contributed by atoms with Crippen LogP contribution in [0, 0.1) is 10.1 Å². The number of halogens is 1. The molecule has 0 radical (unpaired) electrons. The SMILES string of the molecule is O=C1NC(=O)c2c1c(-c1cccc([N+](=O)[O-])c1Cl)cc1[nH]c3ccc(O)cc3c21. The molecule has 4 aromatic rings. The third-order valence-electron chi connectivity index (χ3n) is 5.02. The highest BCUT2D eigenvalue weighted by Crippen LogP contribution is 2.43. The van der Waals surface area contributed by atoms with Crippen LogP contribution in [0.4, 0.5) is 5.69 Å². The summed E-state index contributed by atoms with van der Waals surface area (Å²) in [5.41, 5.74) is 1.70. The minimum atomic E-state index is -0.612. The first kappa shape index (κ1) is 17.2. The van der Waals surface area contributed by atoms with Crippen LogP contribution in [0.2, 0.25) is 5.02 Å². The number of aromatic amines is 1. The number of hydrogen-bond donors (Lipinski definition) is 3. The maximum atomic E-state index is 12.6. The predicted octanol–water partition coefficient (Wildman–Crippen LogP) is 4.14. The molecule has 142 valence electrons. The van der Waals surface area contributed by atoms with Gasteiger partial charge in [0.05, 0.1) is 16.1 Å². The van der Waals surface area contributed by atoms with Crippen molar-refractivity contribution in [2.45, 2.75) is 0 Å². The van der Waals surface area contributed by atoms with Gasteiger partial charge in [-0.05, 0) is 29.8 Å². The van der Waals surface area contributed by atoms with Gasteiger partial charge in [-0.2, -0.15) is 0 Å². The van der Waals surface area contributed by atoms with Gasteiger partial charge in [-0.15, -0.1) is 0 Å². The Bertz CT molecular complexity index is 1420. The molecule has 0 fully saturated rings. The van der Waals surface area contributed by atoms with Crippen LogP contribution in [0.15, 0.2) is 42.5 Å². The van der Waals surface area contributed by atoms with Gasteiger partial charge in [-0.3, -0.25) is 25.0 Å². The minimum Gasteiger partial charge on any atom is -0.508 e. The zero-order valence-corrected chi connectivity index (χ0v) is 15.2. The number of nitrogens with one attached hydrogen (secondary N) is 2. The fraction of sp³-hybridized carbons (Fsp3) is 0. The van der Waals surface area contributed by atoms with Crippen molar-refractivity contribution in [3.63, 3.8) is 0 Å². The number of nitrogens with zero attached hydrogens (tertiary/aromatic N) is 1. The number of benzene rings is 3. The standard InChI is InChI=1S/C20H10ClN3O5/c21-18-9(2-1-3-14(18)24(28)29)10-7-13-15(17-16(10)19(26)23-20(17)27)11-6-8(25)4-5-12(11)22-13/h1-7,22,25H,(H,23,26,27). The van der Waals surface area contributed by atoms with Crippen LogP contribution in [0.1, 0.15) is 20.7 Å². The topological polar surface area (TPSA) is 125 Å². The zero-order valence-electron chi connectivity index (χ0n) is 14.4. The summed E-state index contributed by atoms with van der Waals surface area (Å²) >= 11 is 6.27. The van der Waals surface area contributed by atoms with E-state index in [4.69, 9.17) is 11.6 Å². The first-order chi connectivity index (χ1) is 13.9. The fourth-order valence-electron chi connectivity index (χ4n) is 3.83. The molecule has 1 aliphatic rings. The molecule has 1 aliphatic heterocycles. The highest BCUT2D eigenvalue weighted by atomic mass is 35.5. The number of rotatable bonds is 2. The van der Waals surface area contributed by atoms with Gasteiger partial charge in [-0.1, -0.05) is 23.7 Å². The third-order valence-corrected chi connectivity index (χ3v) is 5.41. The van der Waals surface area contributed by atoms with Gasteiger partial charge in [0, 0.05) is 33.4 Å². The minimum absolute atomic E-state index is 0.0164. The second-order valence-corrected chi connectivity index (χ2v) is 7.01. The van der Waals surface area contributed by atoms with Crippen molar-refractivity contribution in [1.29, 1.82) is 0 Å². The van der Waals surface area contributed by atoms with Gasteiger partial charge in [0.15, 0.2) is 0 Å². The van der Waals surface area contributed by atoms with Gasteiger partial charge in [0.2, 0.25) is 0 Å². The Morgan fingerprint density at radius 1 is 0.966 bits per heavy atom. The first-order valence-corrected chi connectivity index (χ1v) is 8.85. The van der Waals surface area contributed by atoms with Crippen molar-refractivity contribution in [3.05, 3.63) is 68.7 Å². The summed E-state index contributed by atoms with van der Waals surface area (Å²) in [5.74, 6) is -1.18. The molecule has 8 nitrogen and oxygen atoms in total. The monoisotopic (exact) mass is 407 g/mol. The van der Waals surface area contributed by atoms with Gasteiger partial charge in [0.1, 0.15) is 10.8 Å². The van der Waals surface area contributed by atoms with Crippen LogP contribution in [0.5, 0.6) is 5.75 Å². The zero-order chi connectivity index (χ0) is 20.4. The summed E-state index contributed by atoms with van der Waals surface area (Å²) in [5, 5.41) is 24.4. The second-order valence-electron chi connectivity index (χ2n) is 6.63. The number of imide groups is 1. The Balaban J connectivity index is 1.95. The Labute approximate surface area is 166 Å². The van der Waals surface area contributed by atoms with E-state index in [0.717, 1.165) is 0 Å². The number of nitro groups is 1. The Hall–Kier alpha value is -3.91. The molecule has 3 aromatic carbocycles. The number of carbonyl (C=O) groups is 2. The van der Waals surface area contributed by atoms with Crippen molar-refractivity contribution in [2.24, 2.45) is 0 Å². The van der Waals surface area contributed by atoms with Gasteiger partial charge < -0.3 is 10.1 Å². The number of amides is 2. The van der Waals surface area contributed by atoms with Crippen LogP contribution in [-0.2, 0) is 0 Å². The normalized spacial score (nSPS) is 13.1. The van der Waals surface area contributed by atoms with E-state index in [1.807, 2.05) is 0 Å². The number of nitro benzene ring substituents is 1. The maximum absolute atomic E-state index is 12.6. The molecule has 9 heteroatoms. The molecular formula is C20H10ClN3O5. The van der Waals surface area contributed by atoms with Crippen molar-refractivity contribution < 1.29 is 19.6 Å². The Morgan fingerprint density at radius 2 is 1.72 bits per heavy atom. The number of phenols is 1. The number of aromatic nitrogens is 1. The molecule has 0 bridgehead atoms. The van der Waals surface area contributed by atoms with Crippen molar-refractivity contribution in [1.82, 2.24) is 10.3 Å².